The van der Waals surface area contributed by atoms with Gasteiger partial charge in [-0.1, -0.05) is 62.1 Å². The van der Waals surface area contributed by atoms with Crippen molar-refractivity contribution in [3.8, 4) is 28.4 Å². The van der Waals surface area contributed by atoms with Crippen LogP contribution in [0.3, 0.4) is 0 Å². The molecule has 0 amide bonds. The molecule has 15 heteroatoms. The summed E-state index contributed by atoms with van der Waals surface area (Å²) in [5.74, 6) is -2.87. The molecule has 0 saturated carbocycles. The molecule has 3 aromatic rings. The predicted molar refractivity (Wildman–Crippen MR) is 164 cm³/mol. The molecule has 0 fully saturated rings. The van der Waals surface area contributed by atoms with Crippen LogP contribution in [-0.2, 0) is 4.79 Å². The molecular formula is C29H31Cl2F4NO7Si. The van der Waals surface area contributed by atoms with Crippen molar-refractivity contribution in [1.82, 2.24) is 0 Å². The Labute approximate surface area is 263 Å². The van der Waals surface area contributed by atoms with Gasteiger partial charge in [-0.15, -0.1) is 0 Å². The maximum Gasteiger partial charge on any atom is 0.490 e. The van der Waals surface area contributed by atoms with Crippen LogP contribution >= 0.6 is 23.2 Å². The van der Waals surface area contributed by atoms with Gasteiger partial charge in [0.2, 0.25) is 0 Å². The van der Waals surface area contributed by atoms with Crippen LogP contribution in [0.15, 0.2) is 48.5 Å². The van der Waals surface area contributed by atoms with Gasteiger partial charge in [0.1, 0.15) is 17.3 Å². The molecule has 44 heavy (non-hydrogen) atoms. The summed E-state index contributed by atoms with van der Waals surface area (Å²) < 4.78 is 56.7. The third-order valence-electron chi connectivity index (χ3n) is 6.21. The Morgan fingerprint density at radius 3 is 1.86 bits per heavy atom. The summed E-state index contributed by atoms with van der Waals surface area (Å²) in [6.07, 6.45) is -5.08. The fourth-order valence-electron chi connectivity index (χ4n) is 3.74. The first-order valence-corrected chi connectivity index (χ1v) is 16.3. The topological polar surface area (TPSA) is 116 Å². The maximum absolute atomic E-state index is 13.9. The van der Waals surface area contributed by atoms with E-state index in [-0.39, 0.29) is 41.8 Å². The number of carbonyl (C=O) groups excluding carboxylic acids is 1. The van der Waals surface area contributed by atoms with Crippen LogP contribution in [0.5, 0.6) is 17.2 Å². The standard InChI is InChI=1S/C21H14Cl2FNO5.C6H16Si.C2HF3O2/c1-11(26)15-5-3-12(24)7-16(15)17-10-14(4-6-20(17)29-2)30-21-18(22)8-13(25(27)28)9-19(21)23;1-4-7(5-2)6-3;3-2(4,5)1(6)7/h3-10H,1-2H3;7H,4-6H2,1-3H3;(H,6,7). The van der Waals surface area contributed by atoms with E-state index in [9.17, 15) is 32.5 Å². The number of benzene rings is 3. The summed E-state index contributed by atoms with van der Waals surface area (Å²) >= 11 is 12.2. The van der Waals surface area contributed by atoms with Crippen molar-refractivity contribution in [2.75, 3.05) is 7.11 Å². The molecule has 0 aliphatic rings. The van der Waals surface area contributed by atoms with Crippen LogP contribution in [-0.4, -0.2) is 43.9 Å². The van der Waals surface area contributed by atoms with Gasteiger partial charge < -0.3 is 14.6 Å². The third kappa shape index (κ3) is 11.4. The lowest BCUT2D eigenvalue weighted by Gasteiger charge is -2.15. The summed E-state index contributed by atoms with van der Waals surface area (Å²) in [6.45, 7) is 8.34. The summed E-state index contributed by atoms with van der Waals surface area (Å²) in [4.78, 5) is 31.2. The Bertz CT molecular complexity index is 1440. The number of halogens is 6. The smallest absolute Gasteiger partial charge is 0.490 e. The average molecular weight is 681 g/mol. The first-order valence-electron chi connectivity index (χ1n) is 13.1. The molecule has 0 heterocycles. The second-order valence-corrected chi connectivity index (χ2v) is 14.1. The average Bonchev–Trinajstić information content (AvgIpc) is 2.95. The largest absolute Gasteiger partial charge is 0.496 e. The number of nitro benzene ring substituents is 1. The number of hydrogen-bond acceptors (Lipinski definition) is 6. The fraction of sp³-hybridized carbons (Fsp3) is 0.310. The number of carboxylic acids is 1. The number of alkyl halides is 3. The van der Waals surface area contributed by atoms with Gasteiger partial charge in [0, 0.05) is 32.1 Å². The summed E-state index contributed by atoms with van der Waals surface area (Å²) in [5, 5.41) is 18.0. The van der Waals surface area contributed by atoms with Crippen molar-refractivity contribution < 1.29 is 46.7 Å². The normalized spacial score (nSPS) is 10.6. The number of ketones is 1. The van der Waals surface area contributed by atoms with E-state index in [1.54, 1.807) is 12.1 Å². The monoisotopic (exact) mass is 679 g/mol. The first kappa shape index (κ1) is 38.3. The molecule has 8 nitrogen and oxygen atoms in total. The molecule has 0 atom stereocenters. The first-order chi connectivity index (χ1) is 20.5. The molecule has 0 aromatic heterocycles. The minimum atomic E-state index is -5.08. The highest BCUT2D eigenvalue weighted by Crippen LogP contribution is 2.42. The summed E-state index contributed by atoms with van der Waals surface area (Å²) in [6, 6.07) is 15.2. The molecule has 240 valence electrons. The van der Waals surface area contributed by atoms with Gasteiger partial charge in [0.15, 0.2) is 11.5 Å². The second kappa shape index (κ2) is 17.6. The maximum atomic E-state index is 13.9. The quantitative estimate of drug-likeness (QED) is 0.0787. The van der Waals surface area contributed by atoms with Gasteiger partial charge in [-0.25, -0.2) is 9.18 Å². The molecule has 0 saturated heterocycles. The Morgan fingerprint density at radius 2 is 1.48 bits per heavy atom. The fourth-order valence-corrected chi connectivity index (χ4v) is 6.03. The third-order valence-corrected chi connectivity index (χ3v) is 10.2. The number of methoxy groups -OCH3 is 1. The molecule has 0 aliphatic heterocycles. The van der Waals surface area contributed by atoms with E-state index in [1.807, 2.05) is 0 Å². The van der Waals surface area contributed by atoms with Crippen molar-refractivity contribution in [3.05, 3.63) is 80.1 Å². The number of ether oxygens (including phenoxy) is 2. The van der Waals surface area contributed by atoms with Gasteiger partial charge in [0.25, 0.3) is 5.69 Å². The Morgan fingerprint density at radius 1 is 0.955 bits per heavy atom. The van der Waals surface area contributed by atoms with E-state index in [0.717, 1.165) is 12.1 Å². The van der Waals surface area contributed by atoms with E-state index >= 15 is 0 Å². The van der Waals surface area contributed by atoms with E-state index in [0.29, 0.717) is 22.4 Å². The van der Waals surface area contributed by atoms with Crippen LogP contribution in [0.2, 0.25) is 28.2 Å². The highest BCUT2D eigenvalue weighted by molar-refractivity contribution is 6.58. The van der Waals surface area contributed by atoms with Gasteiger partial charge in [0.05, 0.1) is 22.1 Å². The number of carbonyl (C=O) groups is 2. The van der Waals surface area contributed by atoms with E-state index < -0.39 is 22.9 Å². The zero-order valence-electron chi connectivity index (χ0n) is 24.4. The molecule has 1 N–H and O–H groups in total. The number of aliphatic carboxylic acids is 1. The van der Waals surface area contributed by atoms with Crippen molar-refractivity contribution in [2.45, 2.75) is 52.0 Å². The lowest BCUT2D eigenvalue weighted by molar-refractivity contribution is -0.384. The Kier molecular flexibility index (Phi) is 15.3. The molecule has 0 bridgehead atoms. The highest BCUT2D eigenvalue weighted by Gasteiger charge is 2.38. The Hall–Kier alpha value is -3.68. The van der Waals surface area contributed by atoms with Gasteiger partial charge in [-0.2, -0.15) is 13.2 Å². The van der Waals surface area contributed by atoms with E-state index in [1.165, 1.54) is 56.4 Å². The van der Waals surface area contributed by atoms with Gasteiger partial charge >= 0.3 is 12.1 Å². The number of nitrogens with zero attached hydrogens (tertiary/aromatic N) is 1. The van der Waals surface area contributed by atoms with Crippen LogP contribution in [0, 0.1) is 15.9 Å². The van der Waals surface area contributed by atoms with Crippen LogP contribution < -0.4 is 9.47 Å². The van der Waals surface area contributed by atoms with Crippen molar-refractivity contribution in [3.63, 3.8) is 0 Å². The van der Waals surface area contributed by atoms with Gasteiger partial charge in [-0.3, -0.25) is 14.9 Å². The number of hydrogen-bond donors (Lipinski definition) is 1. The number of carboxylic acid groups (broad SMARTS) is 1. The van der Waals surface area contributed by atoms with Crippen LogP contribution in [0.1, 0.15) is 38.1 Å². The number of non-ortho nitro benzene ring substituents is 1. The summed E-state index contributed by atoms with van der Waals surface area (Å²) in [7, 11) is 1.27. The minimum absolute atomic E-state index is 0.0195. The van der Waals surface area contributed by atoms with E-state index in [2.05, 4.69) is 20.8 Å². The highest BCUT2D eigenvalue weighted by atomic mass is 35.5. The minimum Gasteiger partial charge on any atom is -0.496 e. The number of Topliss-reactive ketones (excluding diaryl/α,β-unsaturated/α-hetero) is 1. The molecule has 0 radical (unpaired) electrons. The lowest BCUT2D eigenvalue weighted by Crippen LogP contribution is -2.21. The predicted octanol–water partition coefficient (Wildman–Crippen LogP) is 9.62. The molecule has 0 aliphatic carbocycles. The van der Waals surface area contributed by atoms with Crippen LogP contribution in [0.25, 0.3) is 11.1 Å². The number of nitro groups is 1. The van der Waals surface area contributed by atoms with Crippen molar-refractivity contribution >= 4 is 49.4 Å². The van der Waals surface area contributed by atoms with Crippen molar-refractivity contribution in [1.29, 1.82) is 0 Å². The molecule has 3 aromatic carbocycles. The SMILES string of the molecule is CC[SiH](CC)CC.COc1ccc(Oc2c(Cl)cc([N+](=O)[O-])cc2Cl)cc1-c1cc(F)ccc1C(C)=O.O=C(O)C(F)(F)F. The summed E-state index contributed by atoms with van der Waals surface area (Å²) in [5.41, 5.74) is 0.761. The zero-order chi connectivity index (χ0) is 33.8. The molecule has 0 spiro atoms. The Balaban J connectivity index is 0.000000574. The second-order valence-electron chi connectivity index (χ2n) is 9.10. The molecular weight excluding hydrogens is 649 g/mol. The zero-order valence-corrected chi connectivity index (χ0v) is 27.1. The molecule has 0 unspecified atom stereocenters. The van der Waals surface area contributed by atoms with Gasteiger partial charge in [-0.05, 0) is 48.9 Å². The number of rotatable bonds is 9. The molecule has 3 rings (SSSR count). The van der Waals surface area contributed by atoms with Crippen molar-refractivity contribution in [2.24, 2.45) is 0 Å². The van der Waals surface area contributed by atoms with Crippen LogP contribution in [0.4, 0.5) is 23.2 Å². The van der Waals surface area contributed by atoms with E-state index in [4.69, 9.17) is 42.6 Å². The lowest BCUT2D eigenvalue weighted by atomic mass is 9.96.